The fraction of sp³-hybridized carbons (Fsp3) is 0.273. The zero-order valence-corrected chi connectivity index (χ0v) is 10.0. The molecule has 8 heteroatoms. The zero-order valence-electron chi connectivity index (χ0n) is 10.0. The van der Waals surface area contributed by atoms with E-state index in [4.69, 9.17) is 14.2 Å². The molecule has 0 amide bonds. The Morgan fingerprint density at radius 2 is 1.84 bits per heavy atom. The summed E-state index contributed by atoms with van der Waals surface area (Å²) in [5.41, 5.74) is -0.558. The normalized spacial score (nSPS) is 16.7. The van der Waals surface area contributed by atoms with Crippen molar-refractivity contribution in [3.63, 3.8) is 0 Å². The molecule has 0 aromatic heterocycles. The highest BCUT2D eigenvalue weighted by atomic mass is 16.9. The van der Waals surface area contributed by atoms with Crippen LogP contribution in [-0.2, 0) is 14.2 Å². The zero-order chi connectivity index (χ0) is 14.2. The number of hydrogen-bond acceptors (Lipinski definition) is 7. The highest BCUT2D eigenvalue weighted by Gasteiger charge is 2.50. The number of nitrogens with zero attached hydrogens (tertiary/aromatic N) is 1. The van der Waals surface area contributed by atoms with Crippen LogP contribution in [0.5, 0.6) is 0 Å². The van der Waals surface area contributed by atoms with Crippen molar-refractivity contribution >= 4 is 17.4 Å². The first-order chi connectivity index (χ1) is 8.95. The third-order valence-electron chi connectivity index (χ3n) is 2.72. The van der Waals surface area contributed by atoms with E-state index in [-0.39, 0.29) is 16.8 Å². The standard InChI is InChI=1S/C11H9NO7/c1-17-11(18-2)9(13)8-5-6(12(15)16)3-4-7(8)10(14)19-11/h3-5H,1-2H3. The summed E-state index contributed by atoms with van der Waals surface area (Å²) >= 11 is 0. The number of benzene rings is 1. The van der Waals surface area contributed by atoms with Crippen molar-refractivity contribution in [2.75, 3.05) is 14.2 Å². The Hall–Kier alpha value is -2.32. The van der Waals surface area contributed by atoms with Crippen molar-refractivity contribution < 1.29 is 28.7 Å². The van der Waals surface area contributed by atoms with Gasteiger partial charge >= 0.3 is 11.9 Å². The van der Waals surface area contributed by atoms with Crippen LogP contribution in [0.1, 0.15) is 20.7 Å². The van der Waals surface area contributed by atoms with Crippen molar-refractivity contribution in [1.29, 1.82) is 0 Å². The number of non-ortho nitro benzene ring substituents is 1. The molecule has 1 aliphatic heterocycles. The van der Waals surface area contributed by atoms with E-state index in [1.807, 2.05) is 0 Å². The van der Waals surface area contributed by atoms with Gasteiger partial charge in [-0.25, -0.2) is 4.79 Å². The maximum Gasteiger partial charge on any atom is 0.397 e. The second kappa shape index (κ2) is 4.41. The van der Waals surface area contributed by atoms with Crippen LogP contribution in [0, 0.1) is 10.1 Å². The van der Waals surface area contributed by atoms with Crippen LogP contribution in [0.3, 0.4) is 0 Å². The second-order valence-corrected chi connectivity index (χ2v) is 3.67. The van der Waals surface area contributed by atoms with Gasteiger partial charge in [0.2, 0.25) is 0 Å². The summed E-state index contributed by atoms with van der Waals surface area (Å²) in [4.78, 5) is 33.9. The first kappa shape index (κ1) is 13.1. The molecule has 0 aliphatic carbocycles. The van der Waals surface area contributed by atoms with Crippen molar-refractivity contribution in [3.05, 3.63) is 39.4 Å². The van der Waals surface area contributed by atoms with Crippen LogP contribution in [0.4, 0.5) is 5.69 Å². The van der Waals surface area contributed by atoms with Crippen LogP contribution < -0.4 is 0 Å². The van der Waals surface area contributed by atoms with E-state index in [1.165, 1.54) is 0 Å². The Labute approximate surface area is 107 Å². The molecule has 1 aromatic carbocycles. The summed E-state index contributed by atoms with van der Waals surface area (Å²) in [6, 6.07) is 3.26. The van der Waals surface area contributed by atoms with Gasteiger partial charge in [-0.2, -0.15) is 0 Å². The molecule has 0 atom stereocenters. The van der Waals surface area contributed by atoms with Gasteiger partial charge in [0.05, 0.1) is 10.5 Å². The van der Waals surface area contributed by atoms with Crippen LogP contribution in [0.25, 0.3) is 0 Å². The molecular formula is C11H9NO7. The first-order valence-electron chi connectivity index (χ1n) is 5.12. The average molecular weight is 267 g/mol. The van der Waals surface area contributed by atoms with E-state index < -0.39 is 22.6 Å². The van der Waals surface area contributed by atoms with Gasteiger partial charge in [0.1, 0.15) is 0 Å². The molecule has 0 spiro atoms. The molecule has 0 saturated carbocycles. The van der Waals surface area contributed by atoms with E-state index in [9.17, 15) is 19.7 Å². The average Bonchev–Trinajstić information content (AvgIpc) is 2.42. The quantitative estimate of drug-likeness (QED) is 0.346. The van der Waals surface area contributed by atoms with Crippen molar-refractivity contribution in [3.8, 4) is 0 Å². The first-order valence-corrected chi connectivity index (χ1v) is 5.12. The molecule has 1 aliphatic rings. The number of esters is 1. The summed E-state index contributed by atoms with van der Waals surface area (Å²) in [6.07, 6.45) is 0. The smallest absolute Gasteiger partial charge is 0.397 e. The van der Waals surface area contributed by atoms with Gasteiger partial charge in [-0.3, -0.25) is 14.9 Å². The lowest BCUT2D eigenvalue weighted by Crippen LogP contribution is -2.50. The molecule has 2 rings (SSSR count). The predicted molar refractivity (Wildman–Crippen MR) is 59.6 cm³/mol. The predicted octanol–water partition coefficient (Wildman–Crippen LogP) is 0.894. The number of fused-ring (bicyclic) bond motifs is 1. The van der Waals surface area contributed by atoms with Gasteiger partial charge < -0.3 is 14.2 Å². The Morgan fingerprint density at radius 1 is 1.21 bits per heavy atom. The number of cyclic esters (lactones) is 1. The number of carbonyl (C=O) groups excluding carboxylic acids is 2. The second-order valence-electron chi connectivity index (χ2n) is 3.67. The third-order valence-corrected chi connectivity index (χ3v) is 2.72. The summed E-state index contributed by atoms with van der Waals surface area (Å²) in [5.74, 6) is -3.86. The van der Waals surface area contributed by atoms with Gasteiger partial charge in [0.25, 0.3) is 11.5 Å². The molecule has 0 bridgehead atoms. The summed E-state index contributed by atoms with van der Waals surface area (Å²) < 4.78 is 14.4. The van der Waals surface area contributed by atoms with Crippen LogP contribution in [0.15, 0.2) is 18.2 Å². The van der Waals surface area contributed by atoms with Gasteiger partial charge in [0.15, 0.2) is 0 Å². The maximum atomic E-state index is 12.2. The molecule has 1 heterocycles. The van der Waals surface area contributed by atoms with E-state index in [2.05, 4.69) is 0 Å². The molecule has 19 heavy (non-hydrogen) atoms. The summed E-state index contributed by atoms with van der Waals surface area (Å²) in [6.45, 7) is 0. The van der Waals surface area contributed by atoms with E-state index >= 15 is 0 Å². The number of ether oxygens (including phenoxy) is 3. The molecule has 1 aromatic rings. The Kier molecular flexibility index (Phi) is 3.05. The molecular weight excluding hydrogens is 258 g/mol. The number of methoxy groups -OCH3 is 2. The fourth-order valence-electron chi connectivity index (χ4n) is 1.75. The van der Waals surface area contributed by atoms with Crippen LogP contribution >= 0.6 is 0 Å². The Balaban J connectivity index is 2.62. The number of ketones is 1. The van der Waals surface area contributed by atoms with Gasteiger partial charge in [0, 0.05) is 31.9 Å². The topological polar surface area (TPSA) is 105 Å². The third kappa shape index (κ3) is 1.86. The number of hydrogen-bond donors (Lipinski definition) is 0. The lowest BCUT2D eigenvalue weighted by molar-refractivity contribution is -0.384. The largest absolute Gasteiger partial charge is 0.397 e. The molecule has 0 fully saturated rings. The van der Waals surface area contributed by atoms with Crippen molar-refractivity contribution in [2.24, 2.45) is 0 Å². The molecule has 8 nitrogen and oxygen atoms in total. The Bertz CT molecular complexity index is 576. The Morgan fingerprint density at radius 3 is 2.37 bits per heavy atom. The number of rotatable bonds is 3. The number of nitro groups is 1. The SMILES string of the molecule is COC1(OC)OC(=O)c2ccc([N+](=O)[O-])cc2C1=O. The van der Waals surface area contributed by atoms with E-state index in [0.717, 1.165) is 32.4 Å². The highest BCUT2D eigenvalue weighted by molar-refractivity contribution is 6.13. The summed E-state index contributed by atoms with van der Waals surface area (Å²) in [5, 5.41) is 10.7. The van der Waals surface area contributed by atoms with Crippen molar-refractivity contribution in [2.45, 2.75) is 5.97 Å². The van der Waals surface area contributed by atoms with Gasteiger partial charge in [-0.05, 0) is 6.07 Å². The monoisotopic (exact) mass is 267 g/mol. The minimum atomic E-state index is -2.20. The molecule has 100 valence electrons. The highest BCUT2D eigenvalue weighted by Crippen LogP contribution is 2.31. The lowest BCUT2D eigenvalue weighted by Gasteiger charge is -2.31. The number of Topliss-reactive ketones (excluding diaryl/α,β-unsaturated/α-hetero) is 1. The minimum absolute atomic E-state index is 0.0691. The molecule has 0 unspecified atom stereocenters. The summed E-state index contributed by atoms with van der Waals surface area (Å²) in [7, 11) is 2.24. The van der Waals surface area contributed by atoms with Gasteiger partial charge in [-0.1, -0.05) is 0 Å². The maximum absolute atomic E-state index is 12.2. The van der Waals surface area contributed by atoms with E-state index in [0.29, 0.717) is 0 Å². The molecule has 0 N–H and O–H groups in total. The van der Waals surface area contributed by atoms with Crippen LogP contribution in [-0.4, -0.2) is 36.9 Å². The van der Waals surface area contributed by atoms with Gasteiger partial charge in [-0.15, -0.1) is 0 Å². The lowest BCUT2D eigenvalue weighted by atomic mass is 9.98. The van der Waals surface area contributed by atoms with E-state index in [1.54, 1.807) is 0 Å². The number of nitro benzene ring substituents is 1. The molecule has 0 radical (unpaired) electrons. The fourth-order valence-corrected chi connectivity index (χ4v) is 1.75. The minimum Gasteiger partial charge on any atom is -0.397 e. The van der Waals surface area contributed by atoms with Crippen LogP contribution in [0.2, 0.25) is 0 Å². The molecule has 0 saturated heterocycles. The van der Waals surface area contributed by atoms with Crippen molar-refractivity contribution in [1.82, 2.24) is 0 Å². The number of carbonyl (C=O) groups is 2.